The maximum atomic E-state index is 12.2. The van der Waals surface area contributed by atoms with E-state index >= 15 is 0 Å². The van der Waals surface area contributed by atoms with E-state index in [0.29, 0.717) is 5.56 Å². The van der Waals surface area contributed by atoms with Gasteiger partial charge in [-0.2, -0.15) is 0 Å². The van der Waals surface area contributed by atoms with Gasteiger partial charge in [0, 0.05) is 31.5 Å². The third-order valence-electron chi connectivity index (χ3n) is 3.43. The van der Waals surface area contributed by atoms with Crippen LogP contribution in [0.2, 0.25) is 0 Å². The van der Waals surface area contributed by atoms with Gasteiger partial charge in [-0.05, 0) is 37.2 Å². The van der Waals surface area contributed by atoms with Crippen molar-refractivity contribution < 1.29 is 13.2 Å². The van der Waals surface area contributed by atoms with E-state index in [1.807, 2.05) is 0 Å². The third-order valence-corrected chi connectivity index (χ3v) is 4.56. The first kappa shape index (κ1) is 16.9. The number of hydrogen-bond donors (Lipinski definition) is 1. The molecule has 0 bridgehead atoms. The zero-order chi connectivity index (χ0) is 14.0. The summed E-state index contributed by atoms with van der Waals surface area (Å²) in [5, 5.41) is 3.22. The van der Waals surface area contributed by atoms with E-state index in [-0.39, 0.29) is 29.3 Å². The maximum Gasteiger partial charge on any atom is 0.253 e. The Morgan fingerprint density at radius 3 is 2.35 bits per heavy atom. The van der Waals surface area contributed by atoms with Crippen molar-refractivity contribution >= 4 is 28.2 Å². The summed E-state index contributed by atoms with van der Waals surface area (Å²) in [6.07, 6.45) is 2.10. The minimum Gasteiger partial charge on any atom is -0.337 e. The lowest BCUT2D eigenvalue weighted by molar-refractivity contribution is 0.0743. The monoisotopic (exact) mass is 318 g/mol. The van der Waals surface area contributed by atoms with Crippen LogP contribution in [0.15, 0.2) is 29.2 Å². The molecule has 112 valence electrons. The van der Waals surface area contributed by atoms with Gasteiger partial charge in [-0.1, -0.05) is 0 Å². The lowest BCUT2D eigenvalue weighted by Gasteiger charge is -2.23. The molecular weight excluding hydrogens is 300 g/mol. The van der Waals surface area contributed by atoms with Gasteiger partial charge in [0.2, 0.25) is 0 Å². The molecule has 0 spiro atoms. The van der Waals surface area contributed by atoms with Crippen molar-refractivity contribution in [2.24, 2.45) is 0 Å². The number of nitrogens with one attached hydrogen (secondary N) is 1. The van der Waals surface area contributed by atoms with Crippen LogP contribution in [-0.4, -0.2) is 51.7 Å². The smallest absolute Gasteiger partial charge is 0.253 e. The first-order valence-corrected chi connectivity index (χ1v) is 8.07. The quantitative estimate of drug-likeness (QED) is 0.901. The van der Waals surface area contributed by atoms with Crippen LogP contribution in [0.4, 0.5) is 0 Å². The average molecular weight is 319 g/mol. The molecule has 0 aliphatic carbocycles. The minimum absolute atomic E-state index is 0. The van der Waals surface area contributed by atoms with E-state index < -0.39 is 9.84 Å². The molecule has 5 nitrogen and oxygen atoms in total. The van der Waals surface area contributed by atoms with Gasteiger partial charge in [0.15, 0.2) is 9.84 Å². The zero-order valence-electron chi connectivity index (χ0n) is 11.5. The Kier molecular flexibility index (Phi) is 5.56. The average Bonchev–Trinajstić information content (AvgIpc) is 2.90. The van der Waals surface area contributed by atoms with Crippen molar-refractivity contribution in [3.63, 3.8) is 0 Å². The number of likely N-dealkylation sites (N-methyl/N-ethyl adjacent to an activating group) is 1. The second-order valence-corrected chi connectivity index (χ2v) is 6.87. The van der Waals surface area contributed by atoms with E-state index in [9.17, 15) is 13.2 Å². The van der Waals surface area contributed by atoms with Gasteiger partial charge < -0.3 is 10.2 Å². The molecule has 1 heterocycles. The number of halogens is 1. The molecule has 1 N–H and O–H groups in total. The van der Waals surface area contributed by atoms with Crippen LogP contribution < -0.4 is 5.32 Å². The van der Waals surface area contributed by atoms with E-state index in [0.717, 1.165) is 25.8 Å². The normalized spacial score (nSPS) is 18.4. The summed E-state index contributed by atoms with van der Waals surface area (Å²) in [5.41, 5.74) is 0.516. The molecule has 7 heteroatoms. The molecule has 1 aromatic carbocycles. The maximum absolute atomic E-state index is 12.2. The third kappa shape index (κ3) is 3.71. The molecule has 1 aliphatic heterocycles. The first-order chi connectivity index (χ1) is 8.89. The summed E-state index contributed by atoms with van der Waals surface area (Å²) < 4.78 is 22.7. The fourth-order valence-corrected chi connectivity index (χ4v) is 2.81. The van der Waals surface area contributed by atoms with Crippen LogP contribution in [-0.2, 0) is 9.84 Å². The molecule has 1 amide bonds. The Labute approximate surface area is 125 Å². The number of rotatable bonds is 3. The Hall–Kier alpha value is -1.11. The van der Waals surface area contributed by atoms with E-state index in [4.69, 9.17) is 0 Å². The summed E-state index contributed by atoms with van der Waals surface area (Å²) >= 11 is 0. The highest BCUT2D eigenvalue weighted by atomic mass is 35.5. The van der Waals surface area contributed by atoms with Crippen LogP contribution in [0.5, 0.6) is 0 Å². The van der Waals surface area contributed by atoms with Gasteiger partial charge in [0.25, 0.3) is 5.91 Å². The Morgan fingerprint density at radius 2 is 1.90 bits per heavy atom. The Balaban J connectivity index is 0.00000200. The molecule has 1 aliphatic rings. The highest BCUT2D eigenvalue weighted by Crippen LogP contribution is 2.14. The van der Waals surface area contributed by atoms with Gasteiger partial charge in [-0.25, -0.2) is 8.42 Å². The number of carbonyl (C=O) groups is 1. The minimum atomic E-state index is -3.22. The summed E-state index contributed by atoms with van der Waals surface area (Å²) in [6.45, 7) is 1.74. The lowest BCUT2D eigenvalue weighted by Crippen LogP contribution is -2.38. The summed E-state index contributed by atoms with van der Waals surface area (Å²) in [4.78, 5) is 14.2. The number of amides is 1. The Morgan fingerprint density at radius 1 is 1.30 bits per heavy atom. The van der Waals surface area contributed by atoms with Gasteiger partial charge in [-0.15, -0.1) is 12.4 Å². The highest BCUT2D eigenvalue weighted by Gasteiger charge is 2.24. The molecule has 1 fully saturated rings. The van der Waals surface area contributed by atoms with Crippen molar-refractivity contribution in [2.45, 2.75) is 17.4 Å². The summed E-state index contributed by atoms with van der Waals surface area (Å²) in [6, 6.07) is 6.30. The van der Waals surface area contributed by atoms with Crippen molar-refractivity contribution in [3.8, 4) is 0 Å². The standard InChI is InChI=1S/C13H18N2O3S.ClH/c1-15(11-7-8-14-9-11)13(16)10-3-5-12(6-4-10)19(2,17)18;/h3-6,11,14H,7-9H2,1-2H3;1H/t11-;/m0./s1. The largest absolute Gasteiger partial charge is 0.337 e. The second-order valence-electron chi connectivity index (χ2n) is 4.86. The molecule has 0 saturated carbocycles. The highest BCUT2D eigenvalue weighted by molar-refractivity contribution is 7.90. The van der Waals surface area contributed by atoms with Crippen LogP contribution in [0.3, 0.4) is 0 Å². The number of carbonyl (C=O) groups excluding carboxylic acids is 1. The van der Waals surface area contributed by atoms with Crippen LogP contribution >= 0.6 is 12.4 Å². The number of hydrogen-bond acceptors (Lipinski definition) is 4. The second kappa shape index (κ2) is 6.56. The Bertz CT molecular complexity index is 566. The van der Waals surface area contributed by atoms with Crippen molar-refractivity contribution in [3.05, 3.63) is 29.8 Å². The zero-order valence-corrected chi connectivity index (χ0v) is 13.1. The van der Waals surface area contributed by atoms with Crippen molar-refractivity contribution in [1.82, 2.24) is 10.2 Å². The van der Waals surface area contributed by atoms with E-state index in [1.165, 1.54) is 12.1 Å². The van der Waals surface area contributed by atoms with E-state index in [1.54, 1.807) is 24.1 Å². The van der Waals surface area contributed by atoms with Gasteiger partial charge in [0.1, 0.15) is 0 Å². The van der Waals surface area contributed by atoms with Crippen LogP contribution in [0.1, 0.15) is 16.8 Å². The first-order valence-electron chi connectivity index (χ1n) is 6.17. The molecule has 1 saturated heterocycles. The summed E-state index contributed by atoms with van der Waals surface area (Å²) in [5.74, 6) is -0.0752. The van der Waals surface area contributed by atoms with Crippen LogP contribution in [0.25, 0.3) is 0 Å². The molecule has 20 heavy (non-hydrogen) atoms. The molecule has 1 aromatic rings. The molecule has 2 rings (SSSR count). The van der Waals surface area contributed by atoms with Gasteiger partial charge >= 0.3 is 0 Å². The topological polar surface area (TPSA) is 66.5 Å². The molecule has 0 aromatic heterocycles. The van der Waals surface area contributed by atoms with Crippen molar-refractivity contribution in [1.29, 1.82) is 0 Å². The number of sulfone groups is 1. The van der Waals surface area contributed by atoms with Gasteiger partial charge in [0.05, 0.1) is 4.90 Å². The van der Waals surface area contributed by atoms with Crippen molar-refractivity contribution in [2.75, 3.05) is 26.4 Å². The predicted octanol–water partition coefficient (Wildman–Crippen LogP) is 0.946. The molecule has 0 unspecified atom stereocenters. The fraction of sp³-hybridized carbons (Fsp3) is 0.462. The summed E-state index contributed by atoms with van der Waals surface area (Å²) in [7, 11) is -1.43. The van der Waals surface area contributed by atoms with E-state index in [2.05, 4.69) is 5.32 Å². The molecule has 1 atom stereocenters. The number of nitrogens with zero attached hydrogens (tertiary/aromatic N) is 1. The molecular formula is C13H19ClN2O3S. The van der Waals surface area contributed by atoms with Gasteiger partial charge in [-0.3, -0.25) is 4.79 Å². The lowest BCUT2D eigenvalue weighted by atomic mass is 10.1. The number of benzene rings is 1. The van der Waals surface area contributed by atoms with Crippen LogP contribution in [0, 0.1) is 0 Å². The fourth-order valence-electron chi connectivity index (χ4n) is 2.18. The predicted molar refractivity (Wildman–Crippen MR) is 80.2 cm³/mol. The molecule has 0 radical (unpaired) electrons. The SMILES string of the molecule is CN(C(=O)c1ccc(S(C)(=O)=O)cc1)[C@H]1CCNC1.Cl.